The van der Waals surface area contributed by atoms with Crippen molar-refractivity contribution >= 4 is 28.5 Å². The molecule has 0 saturated heterocycles. The molecule has 2 aromatic heterocycles. The Kier molecular flexibility index (Phi) is 9.27. The van der Waals surface area contributed by atoms with E-state index in [4.69, 9.17) is 9.47 Å². The fourth-order valence-electron chi connectivity index (χ4n) is 6.31. The molecule has 2 aliphatic rings. The molecule has 2 amide bonds. The quantitative estimate of drug-likeness (QED) is 0.174. The molecular weight excluding hydrogens is 576 g/mol. The number of rotatable bonds is 10. The maximum absolute atomic E-state index is 14.8. The number of hydrogen-bond donors (Lipinski definition) is 0. The second-order valence-electron chi connectivity index (χ2n) is 13.3. The summed E-state index contributed by atoms with van der Waals surface area (Å²) in [5.74, 6) is -0.00344. The second-order valence-corrected chi connectivity index (χ2v) is 13.3. The summed E-state index contributed by atoms with van der Waals surface area (Å²) in [5.41, 5.74) is 6.47. The maximum Gasteiger partial charge on any atom is 0.410 e. The Bertz CT molecular complexity index is 1730. The summed E-state index contributed by atoms with van der Waals surface area (Å²) in [5, 5.41) is 1.16. The fraction of sp³-hybridized carbons (Fsp3) is 0.395. The molecule has 4 aromatic rings. The number of nitrogens with zero attached hydrogens (tertiary/aromatic N) is 4. The lowest BCUT2D eigenvalue weighted by Gasteiger charge is -2.34. The first-order valence-corrected chi connectivity index (χ1v) is 16.3. The lowest BCUT2D eigenvalue weighted by atomic mass is 9.90. The number of amides is 2. The van der Waals surface area contributed by atoms with Crippen molar-refractivity contribution in [1.29, 1.82) is 0 Å². The predicted octanol–water partition coefficient (Wildman–Crippen LogP) is 7.33. The molecule has 1 saturated carbocycles. The van der Waals surface area contributed by atoms with E-state index < -0.39 is 5.60 Å². The first-order valence-electron chi connectivity index (χ1n) is 16.3. The van der Waals surface area contributed by atoms with Crippen LogP contribution in [-0.2, 0) is 27.4 Å². The molecule has 1 aliphatic heterocycles. The molecule has 0 radical (unpaired) electrons. The Hall–Kier alpha value is -4.43. The van der Waals surface area contributed by atoms with Crippen LogP contribution in [-0.4, -0.2) is 69.8 Å². The van der Waals surface area contributed by atoms with Crippen LogP contribution in [0.2, 0.25) is 0 Å². The Morgan fingerprint density at radius 2 is 1.74 bits per heavy atom. The Balaban J connectivity index is 1.37. The molecule has 8 nitrogen and oxygen atoms in total. The summed E-state index contributed by atoms with van der Waals surface area (Å²) in [4.78, 5) is 35.9. The van der Waals surface area contributed by atoms with Gasteiger partial charge < -0.3 is 23.8 Å². The molecular formula is C38H44N4O4. The zero-order valence-electron chi connectivity index (χ0n) is 27.4. The van der Waals surface area contributed by atoms with Gasteiger partial charge in [0.1, 0.15) is 5.60 Å². The van der Waals surface area contributed by atoms with Gasteiger partial charge in [0.2, 0.25) is 0 Å². The van der Waals surface area contributed by atoms with Crippen LogP contribution in [0.15, 0.2) is 84.8 Å². The van der Waals surface area contributed by atoms with Crippen LogP contribution in [0, 0.1) is 0 Å². The number of aryl methyl sites for hydroxylation is 1. The molecule has 1 fully saturated rings. The summed E-state index contributed by atoms with van der Waals surface area (Å²) in [6.07, 6.45) is 8.83. The van der Waals surface area contributed by atoms with Gasteiger partial charge in [0.25, 0.3) is 5.91 Å². The first-order chi connectivity index (χ1) is 22.2. The van der Waals surface area contributed by atoms with Crippen LogP contribution in [0.5, 0.6) is 0 Å². The number of carbonyl (C=O) groups excluding carboxylic acids is 2. The van der Waals surface area contributed by atoms with Crippen molar-refractivity contribution in [1.82, 2.24) is 19.4 Å². The number of fused-ring (bicyclic) bond motifs is 1. The maximum atomic E-state index is 14.8. The summed E-state index contributed by atoms with van der Waals surface area (Å²) < 4.78 is 13.3. The van der Waals surface area contributed by atoms with E-state index in [0.29, 0.717) is 31.7 Å². The molecule has 2 aromatic carbocycles. The SMILES string of the molecule is COCCCn1cc(CN(C(=O)C2=C(c3cccc(-c4ccncc4)c3)CCN(C(=O)OC(C)(C)C)C2)C2CC2)c2ccccc21. The number of methoxy groups -OCH3 is 1. The van der Waals surface area contributed by atoms with Gasteiger partial charge in [0, 0.05) is 74.5 Å². The highest BCUT2D eigenvalue weighted by Gasteiger charge is 2.38. The highest BCUT2D eigenvalue weighted by atomic mass is 16.6. The highest BCUT2D eigenvalue weighted by Crippen LogP contribution is 2.36. The molecule has 0 N–H and O–H groups in total. The van der Waals surface area contributed by atoms with E-state index in [1.807, 2.05) is 43.9 Å². The van der Waals surface area contributed by atoms with E-state index >= 15 is 0 Å². The van der Waals surface area contributed by atoms with Crippen molar-refractivity contribution in [2.24, 2.45) is 0 Å². The standard InChI is InChI=1S/C38H44N4O4/c1-38(2,3)46-37(44)41-21-17-32(29-10-7-9-28(23-29)27-15-18-39-19-16-27)34(26-41)36(43)42(31-13-14-31)25-30-24-40(20-8-22-45-4)35-12-6-5-11-33(30)35/h5-7,9-12,15-16,18-19,23-24,31H,8,13-14,17,20-22,25-26H2,1-4H3. The van der Waals surface area contributed by atoms with Crippen molar-refractivity contribution in [3.63, 3.8) is 0 Å². The van der Waals surface area contributed by atoms with Gasteiger partial charge in [-0.2, -0.15) is 0 Å². The molecule has 1 aliphatic carbocycles. The molecule has 6 rings (SSSR count). The van der Waals surface area contributed by atoms with Crippen molar-refractivity contribution in [3.05, 3.63) is 96.0 Å². The lowest BCUT2D eigenvalue weighted by Crippen LogP contribution is -2.44. The lowest BCUT2D eigenvalue weighted by molar-refractivity contribution is -0.128. The first kappa shape index (κ1) is 31.5. The van der Waals surface area contributed by atoms with Crippen molar-refractivity contribution < 1.29 is 19.1 Å². The Morgan fingerprint density at radius 3 is 2.48 bits per heavy atom. The molecule has 0 atom stereocenters. The average Bonchev–Trinajstić information content (AvgIpc) is 3.85. The smallest absolute Gasteiger partial charge is 0.410 e. The third-order valence-corrected chi connectivity index (χ3v) is 8.69. The van der Waals surface area contributed by atoms with E-state index in [0.717, 1.165) is 59.0 Å². The average molecular weight is 621 g/mol. The number of aromatic nitrogens is 2. The minimum absolute atomic E-state index is 0.00344. The summed E-state index contributed by atoms with van der Waals surface area (Å²) in [6.45, 7) is 8.36. The summed E-state index contributed by atoms with van der Waals surface area (Å²) >= 11 is 0. The third-order valence-electron chi connectivity index (χ3n) is 8.69. The van der Waals surface area contributed by atoms with Gasteiger partial charge in [0.15, 0.2) is 0 Å². The molecule has 0 bridgehead atoms. The van der Waals surface area contributed by atoms with E-state index in [1.165, 1.54) is 5.52 Å². The normalized spacial score (nSPS) is 15.3. The number of para-hydroxylation sites is 1. The fourth-order valence-corrected chi connectivity index (χ4v) is 6.31. The van der Waals surface area contributed by atoms with E-state index in [9.17, 15) is 9.59 Å². The number of benzene rings is 2. The molecule has 0 unspecified atom stereocenters. The molecule has 240 valence electrons. The number of hydrogen-bond acceptors (Lipinski definition) is 5. The van der Waals surface area contributed by atoms with Gasteiger partial charge in [-0.3, -0.25) is 9.78 Å². The van der Waals surface area contributed by atoms with Gasteiger partial charge in [0.05, 0.1) is 6.54 Å². The van der Waals surface area contributed by atoms with Crippen LogP contribution in [0.4, 0.5) is 4.79 Å². The van der Waals surface area contributed by atoms with Gasteiger partial charge >= 0.3 is 6.09 Å². The molecule has 8 heteroatoms. The van der Waals surface area contributed by atoms with E-state index in [-0.39, 0.29) is 24.6 Å². The Morgan fingerprint density at radius 1 is 0.978 bits per heavy atom. The summed E-state index contributed by atoms with van der Waals surface area (Å²) in [7, 11) is 1.73. The van der Waals surface area contributed by atoms with Crippen molar-refractivity contribution in [2.45, 2.75) is 71.2 Å². The molecule has 3 heterocycles. The third kappa shape index (κ3) is 7.18. The minimum Gasteiger partial charge on any atom is -0.444 e. The highest BCUT2D eigenvalue weighted by molar-refractivity contribution is 6.03. The zero-order valence-corrected chi connectivity index (χ0v) is 27.4. The molecule has 0 spiro atoms. The predicted molar refractivity (Wildman–Crippen MR) is 181 cm³/mol. The number of pyridine rings is 1. The molecule has 46 heavy (non-hydrogen) atoms. The second kappa shape index (κ2) is 13.5. The number of carbonyl (C=O) groups is 2. The van der Waals surface area contributed by atoms with Crippen LogP contribution >= 0.6 is 0 Å². The van der Waals surface area contributed by atoms with Gasteiger partial charge in [-0.05, 0) is 98.5 Å². The van der Waals surface area contributed by atoms with Crippen LogP contribution in [0.25, 0.3) is 27.6 Å². The van der Waals surface area contributed by atoms with Crippen molar-refractivity contribution in [2.75, 3.05) is 26.8 Å². The summed E-state index contributed by atoms with van der Waals surface area (Å²) in [6, 6.07) is 20.9. The van der Waals surface area contributed by atoms with Crippen LogP contribution < -0.4 is 0 Å². The number of ether oxygens (including phenoxy) is 2. The van der Waals surface area contributed by atoms with E-state index in [2.05, 4.69) is 58.2 Å². The van der Waals surface area contributed by atoms with Crippen LogP contribution in [0.1, 0.15) is 57.6 Å². The Labute approximate surface area is 271 Å². The van der Waals surface area contributed by atoms with E-state index in [1.54, 1.807) is 24.4 Å². The van der Waals surface area contributed by atoms with Crippen molar-refractivity contribution in [3.8, 4) is 11.1 Å². The van der Waals surface area contributed by atoms with Gasteiger partial charge in [-0.1, -0.05) is 36.4 Å². The van der Waals surface area contributed by atoms with Gasteiger partial charge in [-0.25, -0.2) is 4.79 Å². The topological polar surface area (TPSA) is 76.9 Å². The minimum atomic E-state index is -0.623. The monoisotopic (exact) mass is 620 g/mol. The van der Waals surface area contributed by atoms with Gasteiger partial charge in [-0.15, -0.1) is 0 Å². The largest absolute Gasteiger partial charge is 0.444 e. The zero-order chi connectivity index (χ0) is 32.3. The van der Waals surface area contributed by atoms with Crippen LogP contribution in [0.3, 0.4) is 0 Å².